The van der Waals surface area contributed by atoms with Crippen LogP contribution in [-0.4, -0.2) is 18.5 Å². The first kappa shape index (κ1) is 12.1. The van der Waals surface area contributed by atoms with Crippen molar-refractivity contribution in [2.24, 2.45) is 0 Å². The van der Waals surface area contributed by atoms with Gasteiger partial charge in [0.2, 0.25) is 0 Å². The molecule has 0 aliphatic heterocycles. The summed E-state index contributed by atoms with van der Waals surface area (Å²) in [4.78, 5) is 11.7. The smallest absolute Gasteiger partial charge is 0.338 e. The van der Waals surface area contributed by atoms with Crippen LogP contribution in [0.15, 0.2) is 18.2 Å². The Bertz CT molecular complexity index is 327. The largest absolute Gasteiger partial charge is 0.462 e. The zero-order valence-electron chi connectivity index (χ0n) is 9.05. The Labute approximate surface area is 95.2 Å². The van der Waals surface area contributed by atoms with Gasteiger partial charge in [-0.15, -0.1) is 11.6 Å². The van der Waals surface area contributed by atoms with Gasteiger partial charge in [0.25, 0.3) is 0 Å². The predicted octanol–water partition coefficient (Wildman–Crippen LogP) is 3.09. The van der Waals surface area contributed by atoms with Crippen LogP contribution in [0.1, 0.15) is 27.9 Å². The van der Waals surface area contributed by atoms with Crippen molar-refractivity contribution in [3.63, 3.8) is 0 Å². The van der Waals surface area contributed by atoms with Gasteiger partial charge in [-0.3, -0.25) is 0 Å². The molecular formula is C12H15ClO2. The van der Waals surface area contributed by atoms with E-state index in [1.165, 1.54) is 0 Å². The van der Waals surface area contributed by atoms with Gasteiger partial charge >= 0.3 is 5.97 Å². The maximum Gasteiger partial charge on any atom is 0.338 e. The zero-order valence-corrected chi connectivity index (χ0v) is 9.80. The number of hydrogen-bond acceptors (Lipinski definition) is 2. The molecule has 3 heteroatoms. The summed E-state index contributed by atoms with van der Waals surface area (Å²) in [6.45, 7) is 4.20. The highest BCUT2D eigenvalue weighted by molar-refractivity contribution is 6.17. The molecule has 1 rings (SSSR count). The molecule has 0 spiro atoms. The van der Waals surface area contributed by atoms with E-state index in [1.54, 1.807) is 0 Å². The van der Waals surface area contributed by atoms with Gasteiger partial charge in [0.05, 0.1) is 12.2 Å². The molecule has 0 fully saturated rings. The fourth-order valence-corrected chi connectivity index (χ4v) is 1.54. The fourth-order valence-electron chi connectivity index (χ4n) is 1.43. The third-order valence-corrected chi connectivity index (χ3v) is 2.46. The molecule has 0 aliphatic rings. The number of aryl methyl sites for hydroxylation is 2. The van der Waals surface area contributed by atoms with Crippen LogP contribution in [0.4, 0.5) is 0 Å². The highest BCUT2D eigenvalue weighted by Crippen LogP contribution is 2.14. The molecule has 0 aliphatic carbocycles. The molecule has 0 amide bonds. The van der Waals surface area contributed by atoms with Gasteiger partial charge in [0.1, 0.15) is 0 Å². The third-order valence-electron chi connectivity index (χ3n) is 2.20. The first-order chi connectivity index (χ1) is 7.16. The third kappa shape index (κ3) is 3.24. The molecule has 0 aromatic heterocycles. The maximum atomic E-state index is 11.7. The summed E-state index contributed by atoms with van der Waals surface area (Å²) < 4.78 is 5.11. The SMILES string of the molecule is Cc1cccc(C)c1C(=O)OCCCCl. The van der Waals surface area contributed by atoms with Crippen LogP contribution < -0.4 is 0 Å². The molecule has 0 N–H and O–H groups in total. The second-order valence-electron chi connectivity index (χ2n) is 3.45. The molecule has 0 radical (unpaired) electrons. The molecule has 2 nitrogen and oxygen atoms in total. The summed E-state index contributed by atoms with van der Waals surface area (Å²) in [7, 11) is 0. The molecular weight excluding hydrogens is 212 g/mol. The number of esters is 1. The van der Waals surface area contributed by atoms with Gasteiger partial charge in [-0.2, -0.15) is 0 Å². The molecule has 0 saturated heterocycles. The number of halogens is 1. The average molecular weight is 227 g/mol. The van der Waals surface area contributed by atoms with E-state index in [1.807, 2.05) is 32.0 Å². The van der Waals surface area contributed by atoms with Gasteiger partial charge in [0, 0.05) is 5.88 Å². The lowest BCUT2D eigenvalue weighted by atomic mass is 10.0. The molecule has 0 atom stereocenters. The standard InChI is InChI=1S/C12H15ClO2/c1-9-5-3-6-10(2)11(9)12(14)15-8-4-7-13/h3,5-6H,4,7-8H2,1-2H3. The van der Waals surface area contributed by atoms with E-state index in [0.717, 1.165) is 11.1 Å². The zero-order chi connectivity index (χ0) is 11.3. The van der Waals surface area contributed by atoms with E-state index < -0.39 is 0 Å². The van der Waals surface area contributed by atoms with Gasteiger partial charge in [-0.1, -0.05) is 18.2 Å². The number of carbonyl (C=O) groups is 1. The van der Waals surface area contributed by atoms with Crippen LogP contribution in [0.3, 0.4) is 0 Å². The van der Waals surface area contributed by atoms with E-state index in [-0.39, 0.29) is 5.97 Å². The lowest BCUT2D eigenvalue weighted by molar-refractivity contribution is 0.0504. The molecule has 0 bridgehead atoms. The highest BCUT2D eigenvalue weighted by atomic mass is 35.5. The molecule has 15 heavy (non-hydrogen) atoms. The van der Waals surface area contributed by atoms with Crippen molar-refractivity contribution < 1.29 is 9.53 Å². The molecule has 0 unspecified atom stereocenters. The van der Waals surface area contributed by atoms with Gasteiger partial charge in [-0.05, 0) is 31.4 Å². The Morgan fingerprint density at radius 1 is 1.33 bits per heavy atom. The first-order valence-corrected chi connectivity index (χ1v) is 5.49. The lowest BCUT2D eigenvalue weighted by Crippen LogP contribution is -2.10. The summed E-state index contributed by atoms with van der Waals surface area (Å²) in [6, 6.07) is 5.75. The Hall–Kier alpha value is -1.02. The van der Waals surface area contributed by atoms with E-state index >= 15 is 0 Å². The second kappa shape index (κ2) is 5.76. The van der Waals surface area contributed by atoms with Crippen molar-refractivity contribution >= 4 is 17.6 Å². The van der Waals surface area contributed by atoms with Crippen molar-refractivity contribution in [2.75, 3.05) is 12.5 Å². The van der Waals surface area contributed by atoms with Crippen LogP contribution in [0.5, 0.6) is 0 Å². The van der Waals surface area contributed by atoms with Crippen molar-refractivity contribution in [3.8, 4) is 0 Å². The van der Waals surface area contributed by atoms with E-state index in [9.17, 15) is 4.79 Å². The summed E-state index contributed by atoms with van der Waals surface area (Å²) in [5, 5.41) is 0. The van der Waals surface area contributed by atoms with Crippen LogP contribution in [-0.2, 0) is 4.74 Å². The van der Waals surface area contributed by atoms with Crippen molar-refractivity contribution in [2.45, 2.75) is 20.3 Å². The fraction of sp³-hybridized carbons (Fsp3) is 0.417. The van der Waals surface area contributed by atoms with Gasteiger partial charge in [-0.25, -0.2) is 4.79 Å². The Kier molecular flexibility index (Phi) is 4.63. The summed E-state index contributed by atoms with van der Waals surface area (Å²) >= 11 is 5.50. The predicted molar refractivity (Wildman–Crippen MR) is 61.5 cm³/mol. The Morgan fingerprint density at radius 3 is 2.47 bits per heavy atom. The number of rotatable bonds is 4. The maximum absolute atomic E-state index is 11.7. The number of carbonyl (C=O) groups excluding carboxylic acids is 1. The van der Waals surface area contributed by atoms with E-state index in [4.69, 9.17) is 16.3 Å². The van der Waals surface area contributed by atoms with Crippen LogP contribution >= 0.6 is 11.6 Å². The highest BCUT2D eigenvalue weighted by Gasteiger charge is 2.12. The minimum absolute atomic E-state index is 0.254. The Morgan fingerprint density at radius 2 is 1.93 bits per heavy atom. The van der Waals surface area contributed by atoms with Crippen molar-refractivity contribution in [1.82, 2.24) is 0 Å². The number of alkyl halides is 1. The normalized spacial score (nSPS) is 10.1. The van der Waals surface area contributed by atoms with Crippen LogP contribution in [0.2, 0.25) is 0 Å². The number of ether oxygens (including phenoxy) is 1. The minimum Gasteiger partial charge on any atom is -0.462 e. The number of hydrogen-bond donors (Lipinski definition) is 0. The van der Waals surface area contributed by atoms with E-state index in [0.29, 0.717) is 24.5 Å². The van der Waals surface area contributed by atoms with Crippen molar-refractivity contribution in [3.05, 3.63) is 34.9 Å². The van der Waals surface area contributed by atoms with Gasteiger partial charge < -0.3 is 4.74 Å². The second-order valence-corrected chi connectivity index (χ2v) is 3.82. The monoisotopic (exact) mass is 226 g/mol. The Balaban J connectivity index is 2.73. The van der Waals surface area contributed by atoms with Crippen molar-refractivity contribution in [1.29, 1.82) is 0 Å². The van der Waals surface area contributed by atoms with E-state index in [2.05, 4.69) is 0 Å². The topological polar surface area (TPSA) is 26.3 Å². The minimum atomic E-state index is -0.254. The first-order valence-electron chi connectivity index (χ1n) is 4.96. The molecule has 1 aromatic carbocycles. The summed E-state index contributed by atoms with van der Waals surface area (Å²) in [6.07, 6.45) is 0.693. The van der Waals surface area contributed by atoms with Crippen LogP contribution in [0.25, 0.3) is 0 Å². The summed E-state index contributed by atoms with van der Waals surface area (Å²) in [5.74, 6) is 0.260. The molecule has 0 saturated carbocycles. The molecule has 82 valence electrons. The molecule has 0 heterocycles. The average Bonchev–Trinajstić information content (AvgIpc) is 2.18. The van der Waals surface area contributed by atoms with Gasteiger partial charge in [0.15, 0.2) is 0 Å². The lowest BCUT2D eigenvalue weighted by Gasteiger charge is -2.08. The summed E-state index contributed by atoms with van der Waals surface area (Å²) in [5.41, 5.74) is 2.57. The molecule has 1 aromatic rings. The quantitative estimate of drug-likeness (QED) is 0.448. The van der Waals surface area contributed by atoms with Crippen LogP contribution in [0, 0.1) is 13.8 Å². The number of benzene rings is 1.